The van der Waals surface area contributed by atoms with E-state index in [0.717, 1.165) is 0 Å². The van der Waals surface area contributed by atoms with Crippen molar-refractivity contribution in [1.29, 1.82) is 0 Å². The number of methoxy groups -OCH3 is 1. The Morgan fingerprint density at radius 1 is 1.00 bits per heavy atom. The number of allylic oxidation sites excluding steroid dienone is 1. The van der Waals surface area contributed by atoms with Gasteiger partial charge in [-0.2, -0.15) is 0 Å². The Kier molecular flexibility index (Phi) is 4.22. The topological polar surface area (TPSA) is 107 Å². The molecule has 0 aliphatic carbocycles. The fourth-order valence-electron chi connectivity index (χ4n) is 1.87. The first kappa shape index (κ1) is 15.2. The van der Waals surface area contributed by atoms with Crippen molar-refractivity contribution in [2.45, 2.75) is 0 Å². The maximum absolute atomic E-state index is 12.1. The molecule has 0 radical (unpaired) electrons. The number of benzene rings is 2. The third kappa shape index (κ3) is 2.95. The summed E-state index contributed by atoms with van der Waals surface area (Å²) in [6.45, 7) is 0. The normalized spacial score (nSPS) is 10.8. The first-order valence-corrected chi connectivity index (χ1v) is 6.27. The van der Waals surface area contributed by atoms with Crippen LogP contribution in [0.25, 0.3) is 6.08 Å². The van der Waals surface area contributed by atoms with Gasteiger partial charge in [-0.15, -0.1) is 0 Å². The lowest BCUT2D eigenvalue weighted by Gasteiger charge is -2.08. The zero-order valence-corrected chi connectivity index (χ0v) is 11.6. The Bertz CT molecular complexity index is 749. The number of carbonyl (C=O) groups is 1. The molecule has 0 unspecified atom stereocenters. The van der Waals surface area contributed by atoms with Gasteiger partial charge in [0.05, 0.1) is 12.7 Å². The van der Waals surface area contributed by atoms with E-state index in [-0.39, 0.29) is 28.6 Å². The molecule has 0 atom stereocenters. The molecule has 4 N–H and O–H groups in total. The van der Waals surface area contributed by atoms with Crippen LogP contribution in [-0.4, -0.2) is 33.3 Å². The van der Waals surface area contributed by atoms with Crippen LogP contribution >= 0.6 is 0 Å². The zero-order valence-electron chi connectivity index (χ0n) is 11.6. The van der Waals surface area contributed by atoms with Gasteiger partial charge in [0.2, 0.25) is 5.75 Å². The monoisotopic (exact) mass is 302 g/mol. The van der Waals surface area contributed by atoms with E-state index in [9.17, 15) is 25.2 Å². The Morgan fingerprint density at radius 3 is 2.32 bits per heavy atom. The number of ketones is 1. The second-order valence-electron chi connectivity index (χ2n) is 4.46. The van der Waals surface area contributed by atoms with E-state index in [1.807, 2.05) is 0 Å². The van der Waals surface area contributed by atoms with Gasteiger partial charge in [-0.25, -0.2) is 0 Å². The molecular weight excluding hydrogens is 288 g/mol. The quantitative estimate of drug-likeness (QED) is 0.392. The summed E-state index contributed by atoms with van der Waals surface area (Å²) >= 11 is 0. The van der Waals surface area contributed by atoms with Crippen molar-refractivity contribution in [3.8, 4) is 28.7 Å². The summed E-state index contributed by atoms with van der Waals surface area (Å²) in [6.07, 6.45) is 2.61. The minimum absolute atomic E-state index is 0.0334. The van der Waals surface area contributed by atoms with Crippen LogP contribution in [0.4, 0.5) is 0 Å². The summed E-state index contributed by atoms with van der Waals surface area (Å²) in [6, 6.07) is 6.60. The molecule has 0 spiro atoms. The number of phenolic OH excluding ortho intramolecular Hbond substituents is 4. The van der Waals surface area contributed by atoms with Gasteiger partial charge in [0.1, 0.15) is 0 Å². The van der Waals surface area contributed by atoms with E-state index in [0.29, 0.717) is 5.56 Å². The van der Waals surface area contributed by atoms with Gasteiger partial charge in [0.15, 0.2) is 28.8 Å². The average molecular weight is 302 g/mol. The molecule has 0 amide bonds. The van der Waals surface area contributed by atoms with Gasteiger partial charge >= 0.3 is 0 Å². The van der Waals surface area contributed by atoms with Crippen molar-refractivity contribution in [3.63, 3.8) is 0 Å². The maximum atomic E-state index is 12.1. The molecule has 22 heavy (non-hydrogen) atoms. The molecule has 0 bridgehead atoms. The van der Waals surface area contributed by atoms with E-state index in [1.165, 1.54) is 49.6 Å². The lowest BCUT2D eigenvalue weighted by molar-refractivity contribution is 0.104. The highest BCUT2D eigenvalue weighted by Gasteiger charge is 2.16. The lowest BCUT2D eigenvalue weighted by atomic mass is 10.1. The molecule has 6 heteroatoms. The predicted molar refractivity (Wildman–Crippen MR) is 79.5 cm³/mol. The molecule has 2 aromatic carbocycles. The van der Waals surface area contributed by atoms with Gasteiger partial charge in [0.25, 0.3) is 0 Å². The molecule has 0 saturated carbocycles. The van der Waals surface area contributed by atoms with Crippen molar-refractivity contribution in [2.75, 3.05) is 7.11 Å². The number of phenols is 4. The van der Waals surface area contributed by atoms with Crippen LogP contribution in [0.1, 0.15) is 15.9 Å². The smallest absolute Gasteiger partial charge is 0.203 e. The van der Waals surface area contributed by atoms with Crippen LogP contribution in [0, 0.1) is 0 Å². The number of aromatic hydroxyl groups is 4. The SMILES string of the molecule is COc1c(O)ccc(C(=O)C=Cc2ccc(O)c(O)c2)c1O. The Balaban J connectivity index is 2.29. The lowest BCUT2D eigenvalue weighted by Crippen LogP contribution is -1.97. The molecule has 0 heterocycles. The van der Waals surface area contributed by atoms with E-state index >= 15 is 0 Å². The molecule has 2 aromatic rings. The minimum atomic E-state index is -0.511. The van der Waals surface area contributed by atoms with Gasteiger partial charge < -0.3 is 25.2 Å². The van der Waals surface area contributed by atoms with E-state index in [4.69, 9.17) is 4.74 Å². The van der Waals surface area contributed by atoms with Crippen molar-refractivity contribution >= 4 is 11.9 Å². The highest BCUT2D eigenvalue weighted by atomic mass is 16.5. The maximum Gasteiger partial charge on any atom is 0.203 e. The molecular formula is C16H14O6. The standard InChI is InChI=1S/C16H14O6/c1-22-16-13(19)7-4-10(15(16)21)11(17)5-2-9-3-6-12(18)14(20)8-9/h2-8,18-21H,1H3. The highest BCUT2D eigenvalue weighted by molar-refractivity contribution is 6.09. The Morgan fingerprint density at radius 2 is 1.68 bits per heavy atom. The second-order valence-corrected chi connectivity index (χ2v) is 4.46. The molecule has 0 fully saturated rings. The number of hydrogen-bond donors (Lipinski definition) is 4. The van der Waals surface area contributed by atoms with Crippen molar-refractivity contribution < 1.29 is 30.0 Å². The van der Waals surface area contributed by atoms with Crippen LogP contribution in [0.5, 0.6) is 28.7 Å². The van der Waals surface area contributed by atoms with Crippen LogP contribution in [0.2, 0.25) is 0 Å². The zero-order chi connectivity index (χ0) is 16.3. The van der Waals surface area contributed by atoms with Crippen molar-refractivity contribution in [2.24, 2.45) is 0 Å². The van der Waals surface area contributed by atoms with E-state index in [1.54, 1.807) is 0 Å². The third-order valence-electron chi connectivity index (χ3n) is 3.01. The second kappa shape index (κ2) is 6.09. The van der Waals surface area contributed by atoms with Gasteiger partial charge in [-0.1, -0.05) is 12.1 Å². The van der Waals surface area contributed by atoms with Gasteiger partial charge in [-0.3, -0.25) is 4.79 Å². The summed E-state index contributed by atoms with van der Waals surface area (Å²) in [7, 11) is 1.26. The summed E-state index contributed by atoms with van der Waals surface area (Å²) in [4.78, 5) is 12.1. The fraction of sp³-hybridized carbons (Fsp3) is 0.0625. The molecule has 114 valence electrons. The average Bonchev–Trinajstić information content (AvgIpc) is 2.49. The molecule has 2 rings (SSSR count). The van der Waals surface area contributed by atoms with Gasteiger partial charge in [0, 0.05) is 0 Å². The minimum Gasteiger partial charge on any atom is -0.504 e. The number of rotatable bonds is 4. The molecule has 0 aromatic heterocycles. The van der Waals surface area contributed by atoms with Crippen LogP contribution in [-0.2, 0) is 0 Å². The first-order chi connectivity index (χ1) is 10.4. The van der Waals surface area contributed by atoms with Gasteiger partial charge in [-0.05, 0) is 35.9 Å². The fourth-order valence-corrected chi connectivity index (χ4v) is 1.87. The summed E-state index contributed by atoms with van der Waals surface area (Å²) in [5, 5.41) is 38.0. The van der Waals surface area contributed by atoms with Crippen molar-refractivity contribution in [1.82, 2.24) is 0 Å². The predicted octanol–water partition coefficient (Wildman–Crippen LogP) is 2.41. The third-order valence-corrected chi connectivity index (χ3v) is 3.01. The largest absolute Gasteiger partial charge is 0.504 e. The number of ether oxygens (including phenoxy) is 1. The first-order valence-electron chi connectivity index (χ1n) is 6.27. The van der Waals surface area contributed by atoms with E-state index < -0.39 is 11.5 Å². The molecule has 0 aliphatic heterocycles. The van der Waals surface area contributed by atoms with Crippen LogP contribution in [0.15, 0.2) is 36.4 Å². The van der Waals surface area contributed by atoms with Crippen molar-refractivity contribution in [3.05, 3.63) is 47.5 Å². The number of carbonyl (C=O) groups excluding carboxylic acids is 1. The summed E-state index contributed by atoms with van der Waals surface area (Å²) in [5.74, 6) is -1.98. The summed E-state index contributed by atoms with van der Waals surface area (Å²) in [5.41, 5.74) is 0.461. The van der Waals surface area contributed by atoms with E-state index in [2.05, 4.69) is 0 Å². The molecule has 0 saturated heterocycles. The Labute approximate surface area is 126 Å². The molecule has 0 aliphatic rings. The molecule has 6 nitrogen and oxygen atoms in total. The highest BCUT2D eigenvalue weighted by Crippen LogP contribution is 2.38. The van der Waals surface area contributed by atoms with Crippen LogP contribution < -0.4 is 4.74 Å². The Hall–Kier alpha value is -3.15. The van der Waals surface area contributed by atoms with Crippen LogP contribution in [0.3, 0.4) is 0 Å². The summed E-state index contributed by atoms with van der Waals surface area (Å²) < 4.78 is 4.82. The number of hydrogen-bond acceptors (Lipinski definition) is 6.